The van der Waals surface area contributed by atoms with Crippen LogP contribution in [0.5, 0.6) is 0 Å². The van der Waals surface area contributed by atoms with Crippen molar-refractivity contribution in [2.75, 3.05) is 0 Å². The average Bonchev–Trinajstić information content (AvgIpc) is 2.40. The monoisotopic (exact) mass is 384 g/mol. The van der Waals surface area contributed by atoms with Gasteiger partial charge >= 0.3 is 0 Å². The van der Waals surface area contributed by atoms with Gasteiger partial charge < -0.3 is 0 Å². The van der Waals surface area contributed by atoms with E-state index >= 15 is 0 Å². The highest BCUT2D eigenvalue weighted by atomic mass is 32.1. The van der Waals surface area contributed by atoms with Gasteiger partial charge in [-0.15, -0.1) is 11.3 Å². The number of hydrogen-bond acceptors (Lipinski definition) is 2. The van der Waals surface area contributed by atoms with Crippen LogP contribution in [0.2, 0.25) is 39.3 Å². The molecule has 0 bridgehead atoms. The van der Waals surface area contributed by atoms with E-state index in [0.717, 1.165) is 0 Å². The summed E-state index contributed by atoms with van der Waals surface area (Å²) in [6.07, 6.45) is 7.66. The fraction of sp³-hybridized carbons (Fsp3) is 0.737. The van der Waals surface area contributed by atoms with Crippen LogP contribution in [-0.2, 0) is 12.8 Å². The van der Waals surface area contributed by atoms with Crippen molar-refractivity contribution in [3.05, 3.63) is 15.0 Å². The minimum atomic E-state index is -1.40. The molecule has 0 aliphatic carbocycles. The summed E-state index contributed by atoms with van der Waals surface area (Å²) in [5.41, 5.74) is 3.40. The van der Waals surface area contributed by atoms with Crippen LogP contribution < -0.4 is 9.69 Å². The molecular weight excluding hydrogens is 349 g/mol. The normalized spacial score (nSPS) is 12.7. The topological polar surface area (TPSA) is 0 Å². The predicted octanol–water partition coefficient (Wildman–Crippen LogP) is 6.25. The summed E-state index contributed by atoms with van der Waals surface area (Å²) in [5, 5.41) is 1.61. The maximum absolute atomic E-state index is 5.94. The molecule has 1 aromatic rings. The van der Waals surface area contributed by atoms with E-state index in [1.54, 1.807) is 20.8 Å². The molecule has 23 heavy (non-hydrogen) atoms. The Morgan fingerprint density at radius 3 is 1.65 bits per heavy atom. The van der Waals surface area contributed by atoms with Crippen molar-refractivity contribution in [1.29, 1.82) is 0 Å². The molecule has 0 atom stereocenters. The van der Waals surface area contributed by atoms with Crippen LogP contribution in [0.3, 0.4) is 0 Å². The first-order valence-electron chi connectivity index (χ1n) is 9.23. The molecule has 0 aliphatic heterocycles. The molecule has 0 fully saturated rings. The lowest BCUT2D eigenvalue weighted by molar-refractivity contribution is 0.763. The van der Waals surface area contributed by atoms with Crippen molar-refractivity contribution in [2.24, 2.45) is 0 Å². The Kier molecular flexibility index (Phi) is 7.90. The second-order valence-electron chi connectivity index (χ2n) is 8.76. The van der Waals surface area contributed by atoms with Crippen molar-refractivity contribution >= 4 is 49.4 Å². The Bertz CT molecular complexity index is 575. The highest BCUT2D eigenvalue weighted by Gasteiger charge is 2.29. The maximum atomic E-state index is 5.94. The Morgan fingerprint density at radius 1 is 0.783 bits per heavy atom. The van der Waals surface area contributed by atoms with E-state index in [9.17, 15) is 0 Å². The molecule has 0 saturated carbocycles. The van der Waals surface area contributed by atoms with Gasteiger partial charge in [-0.2, -0.15) is 0 Å². The molecule has 0 spiro atoms. The lowest BCUT2D eigenvalue weighted by atomic mass is 10.0. The zero-order chi connectivity index (χ0) is 17.8. The lowest BCUT2D eigenvalue weighted by Crippen LogP contribution is -2.46. The van der Waals surface area contributed by atoms with Crippen LogP contribution in [0.1, 0.15) is 50.7 Å². The van der Waals surface area contributed by atoms with Crippen LogP contribution in [-0.4, -0.2) is 16.1 Å². The van der Waals surface area contributed by atoms with Gasteiger partial charge in [-0.3, -0.25) is 0 Å². The number of hydrogen-bond donors (Lipinski definition) is 0. The van der Waals surface area contributed by atoms with Crippen LogP contribution >= 0.6 is 23.6 Å². The third kappa shape index (κ3) is 5.62. The third-order valence-electron chi connectivity index (χ3n) is 4.33. The quantitative estimate of drug-likeness (QED) is 0.377. The minimum absolute atomic E-state index is 1.22. The lowest BCUT2D eigenvalue weighted by Gasteiger charge is -2.29. The van der Waals surface area contributed by atoms with Gasteiger partial charge in [-0.25, -0.2) is 0 Å². The molecule has 0 radical (unpaired) electrons. The van der Waals surface area contributed by atoms with Gasteiger partial charge in [0.05, 0.1) is 20.0 Å². The first kappa shape index (κ1) is 21.3. The summed E-state index contributed by atoms with van der Waals surface area (Å²) in [6, 6.07) is 0. The van der Waals surface area contributed by atoms with E-state index < -0.39 is 16.1 Å². The molecule has 0 aliphatic rings. The molecule has 0 saturated heterocycles. The van der Waals surface area contributed by atoms with Crippen LogP contribution in [0.25, 0.3) is 0 Å². The van der Waals surface area contributed by atoms with Gasteiger partial charge in [-0.1, -0.05) is 78.2 Å². The molecule has 4 heteroatoms. The van der Waals surface area contributed by atoms with Gasteiger partial charge in [0, 0.05) is 0 Å². The second-order valence-corrected chi connectivity index (χ2v) is 20.8. The van der Waals surface area contributed by atoms with E-state index in [4.69, 9.17) is 12.2 Å². The Labute approximate surface area is 155 Å². The maximum Gasteiger partial charge on any atom is 0.0908 e. The molecule has 1 rings (SSSR count). The summed E-state index contributed by atoms with van der Waals surface area (Å²) in [7, 11) is -2.75. The van der Waals surface area contributed by atoms with E-state index in [1.807, 2.05) is 11.3 Å². The molecule has 1 aromatic heterocycles. The number of rotatable bonds is 8. The summed E-state index contributed by atoms with van der Waals surface area (Å²) >= 11 is 7.92. The molecule has 0 aromatic carbocycles. The second kappa shape index (κ2) is 8.55. The fourth-order valence-corrected chi connectivity index (χ4v) is 11.1. The van der Waals surface area contributed by atoms with Gasteiger partial charge in [0.1, 0.15) is 0 Å². The first-order chi connectivity index (χ1) is 10.5. The summed E-state index contributed by atoms with van der Waals surface area (Å²) < 4.78 is 2.90. The smallest absolute Gasteiger partial charge is 0.0908 e. The van der Waals surface area contributed by atoms with Crippen molar-refractivity contribution in [1.82, 2.24) is 0 Å². The minimum Gasteiger partial charge on any atom is -0.134 e. The van der Waals surface area contributed by atoms with Crippen LogP contribution in [0.4, 0.5) is 0 Å². The standard InChI is InChI=1S/C19H36S2Si2/c1-9-11-13-15-16(14-12-10-2)19(23(6,7)8)21-18(20)17(15)22(3,4)5/h9-14H2,1-8H3. The van der Waals surface area contributed by atoms with Gasteiger partial charge in [0.2, 0.25) is 0 Å². The average molecular weight is 385 g/mol. The predicted molar refractivity (Wildman–Crippen MR) is 118 cm³/mol. The van der Waals surface area contributed by atoms with Crippen molar-refractivity contribution < 1.29 is 0 Å². The van der Waals surface area contributed by atoms with E-state index in [-0.39, 0.29) is 0 Å². The number of unbranched alkanes of at least 4 members (excludes halogenated alkanes) is 2. The molecular formula is C19H36S2Si2. The van der Waals surface area contributed by atoms with E-state index in [2.05, 4.69) is 53.1 Å². The molecule has 132 valence electrons. The van der Waals surface area contributed by atoms with Gasteiger partial charge in [0.25, 0.3) is 0 Å². The first-order valence-corrected chi connectivity index (χ1v) is 17.5. The summed E-state index contributed by atoms with van der Waals surface area (Å²) in [6.45, 7) is 19.5. The fourth-order valence-electron chi connectivity index (χ4n) is 3.23. The van der Waals surface area contributed by atoms with Crippen molar-refractivity contribution in [3.63, 3.8) is 0 Å². The molecule has 0 amide bonds. The molecule has 0 nitrogen and oxygen atoms in total. The zero-order valence-corrected chi connectivity index (χ0v) is 20.2. The van der Waals surface area contributed by atoms with E-state index in [1.165, 1.54) is 42.3 Å². The summed E-state index contributed by atoms with van der Waals surface area (Å²) in [5.74, 6) is 0. The molecule has 0 unspecified atom stereocenters. The Balaban J connectivity index is 3.71. The van der Waals surface area contributed by atoms with Crippen molar-refractivity contribution in [2.45, 2.75) is 91.7 Å². The van der Waals surface area contributed by atoms with Crippen LogP contribution in [0, 0.1) is 3.82 Å². The van der Waals surface area contributed by atoms with Crippen LogP contribution in [0.15, 0.2) is 0 Å². The largest absolute Gasteiger partial charge is 0.134 e. The highest BCUT2D eigenvalue weighted by molar-refractivity contribution is 7.74. The molecule has 0 N–H and O–H groups in total. The van der Waals surface area contributed by atoms with Gasteiger partial charge in [-0.05, 0) is 46.5 Å². The Hall–Kier alpha value is 0.224. The van der Waals surface area contributed by atoms with E-state index in [0.29, 0.717) is 0 Å². The third-order valence-corrected chi connectivity index (χ3v) is 11.8. The molecule has 1 heterocycles. The Morgan fingerprint density at radius 2 is 1.26 bits per heavy atom. The SMILES string of the molecule is CCCCc1c([Si](C)(C)C)sc(=S)c([Si](C)(C)C)c1CCCC. The highest BCUT2D eigenvalue weighted by Crippen LogP contribution is 2.23. The zero-order valence-electron chi connectivity index (χ0n) is 16.6. The van der Waals surface area contributed by atoms with Gasteiger partial charge in [0.15, 0.2) is 0 Å². The van der Waals surface area contributed by atoms with Crippen molar-refractivity contribution in [3.8, 4) is 0 Å². The summed E-state index contributed by atoms with van der Waals surface area (Å²) in [4.78, 5) is 0.